The number of fused-ring (bicyclic) bond motifs is 8. The van der Waals surface area contributed by atoms with Gasteiger partial charge in [0.2, 0.25) is 0 Å². The average molecular weight is 893 g/mol. The van der Waals surface area contributed by atoms with Crippen molar-refractivity contribution in [1.82, 2.24) is 19.9 Å². The van der Waals surface area contributed by atoms with Crippen LogP contribution in [0.1, 0.15) is 72.8 Å². The molecule has 8 heteroatoms. The molecular formula is C60H52N4O4. The first-order chi connectivity index (χ1) is 32.6. The monoisotopic (exact) mass is 892 g/mol. The lowest BCUT2D eigenvalue weighted by Gasteiger charge is -2.10. The molecule has 2 aliphatic heterocycles. The SMILES string of the molecule is Cc1cc(C)cc(-c2c3nc(c(-c4cc(C)cc(C)c4)c4cc(/C=C/C=C/C=C(C(=O)O)C(=O)O)c([nH]4)c(-c4cc(C)cc(C)c4)c4nc(c(-c5cc(C)cc(C)c5)c5ccc2[nH]5)C=C4)C=C3)c1. The van der Waals surface area contributed by atoms with Gasteiger partial charge in [-0.25, -0.2) is 19.6 Å². The Morgan fingerprint density at radius 2 is 0.779 bits per heavy atom. The summed E-state index contributed by atoms with van der Waals surface area (Å²) in [6.45, 7) is 16.9. The van der Waals surface area contributed by atoms with Crippen molar-refractivity contribution in [2.45, 2.75) is 55.4 Å². The highest BCUT2D eigenvalue weighted by Gasteiger charge is 2.21. The van der Waals surface area contributed by atoms with Gasteiger partial charge in [0.1, 0.15) is 5.57 Å². The van der Waals surface area contributed by atoms with Crippen LogP contribution < -0.4 is 0 Å². The van der Waals surface area contributed by atoms with E-state index >= 15 is 0 Å². The number of nitrogens with zero attached hydrogens (tertiary/aromatic N) is 2. The molecule has 4 N–H and O–H groups in total. The van der Waals surface area contributed by atoms with Crippen molar-refractivity contribution < 1.29 is 19.8 Å². The molecule has 0 amide bonds. The number of aromatic nitrogens is 4. The van der Waals surface area contributed by atoms with E-state index in [4.69, 9.17) is 9.97 Å². The Hall–Kier alpha value is -8.36. The van der Waals surface area contributed by atoms with Crippen LogP contribution in [0.25, 0.3) is 97.0 Å². The first-order valence-corrected chi connectivity index (χ1v) is 22.6. The summed E-state index contributed by atoms with van der Waals surface area (Å²) in [6.07, 6.45) is 16.3. The molecule has 0 unspecified atom stereocenters. The quantitative estimate of drug-likeness (QED) is 0.0494. The fraction of sp³-hybridized carbons (Fsp3) is 0.133. The maximum absolute atomic E-state index is 11.6. The van der Waals surface area contributed by atoms with Crippen molar-refractivity contribution in [3.05, 3.63) is 194 Å². The van der Waals surface area contributed by atoms with Gasteiger partial charge in [-0.15, -0.1) is 0 Å². The number of H-pyrrole nitrogens is 2. The van der Waals surface area contributed by atoms with Crippen molar-refractivity contribution in [3.63, 3.8) is 0 Å². The molecule has 0 aliphatic carbocycles. The number of benzene rings is 4. The second-order valence-corrected chi connectivity index (χ2v) is 18.2. The maximum atomic E-state index is 11.6. The smallest absolute Gasteiger partial charge is 0.343 e. The molecule has 68 heavy (non-hydrogen) atoms. The van der Waals surface area contributed by atoms with Gasteiger partial charge in [0.15, 0.2) is 0 Å². The number of hydrogen-bond acceptors (Lipinski definition) is 4. The molecule has 7 aromatic rings. The number of aromatic amines is 2. The molecule has 0 spiro atoms. The van der Waals surface area contributed by atoms with Crippen molar-refractivity contribution in [2.75, 3.05) is 0 Å². The molecule has 0 atom stereocenters. The number of carboxylic acids is 2. The lowest BCUT2D eigenvalue weighted by molar-refractivity contribution is -0.140. The van der Waals surface area contributed by atoms with E-state index in [9.17, 15) is 19.8 Å². The predicted molar refractivity (Wildman–Crippen MR) is 280 cm³/mol. The minimum Gasteiger partial charge on any atom is -0.477 e. The first kappa shape index (κ1) is 44.8. The van der Waals surface area contributed by atoms with E-state index in [0.717, 1.165) is 145 Å². The molecule has 0 fully saturated rings. The van der Waals surface area contributed by atoms with Crippen LogP contribution in [0.5, 0.6) is 0 Å². The zero-order valence-corrected chi connectivity index (χ0v) is 39.5. The molecule has 8 nitrogen and oxygen atoms in total. The molecule has 5 heterocycles. The molecule has 0 saturated carbocycles. The van der Waals surface area contributed by atoms with E-state index in [1.54, 1.807) is 12.2 Å². The summed E-state index contributed by atoms with van der Waals surface area (Å²) in [4.78, 5) is 42.2. The molecule has 4 aromatic carbocycles. The number of carbonyl (C=O) groups is 2. The highest BCUT2D eigenvalue weighted by atomic mass is 16.4. The lowest BCUT2D eigenvalue weighted by Crippen LogP contribution is -2.10. The number of hydrogen-bond donors (Lipinski definition) is 4. The standard InChI is InChI=1S/C60H52N4O4/c1-33-20-34(2)25-42(24-33)54-47-14-15-48(61-47)55(43-26-35(3)21-36(4)27-43)50-18-19-52(63-50)57(45-30-39(7)23-40(8)31-45)58-41(12-10-9-11-13-46(59(65)66)60(67)68)32-53(64-58)56(51-17-16-49(54)62-51)44-28-37(5)22-38(6)29-44/h9-32,61,64H,1-8H3,(H,65,66)(H,67,68)/b11-9+,12-10+,54-47?,54-49?,55-48?,55-50?,56-51?,56-53?,57-52?,58-57?. The topological polar surface area (TPSA) is 132 Å². The van der Waals surface area contributed by atoms with Crippen LogP contribution in [0.3, 0.4) is 0 Å². The van der Waals surface area contributed by atoms with Crippen LogP contribution in [0.15, 0.2) is 121 Å². The van der Waals surface area contributed by atoms with Crippen LogP contribution in [-0.4, -0.2) is 42.1 Å². The molecule has 9 rings (SSSR count). The maximum Gasteiger partial charge on any atom is 0.343 e. The van der Waals surface area contributed by atoms with Crippen molar-refractivity contribution >= 4 is 64.4 Å². The fourth-order valence-corrected chi connectivity index (χ4v) is 9.74. The Labute approximate surface area is 396 Å². The Bertz CT molecular complexity index is 3510. The van der Waals surface area contributed by atoms with Crippen LogP contribution >= 0.6 is 0 Å². The van der Waals surface area contributed by atoms with Crippen LogP contribution in [-0.2, 0) is 9.59 Å². The highest BCUT2D eigenvalue weighted by molar-refractivity contribution is 6.12. The Morgan fingerprint density at radius 1 is 0.426 bits per heavy atom. The number of rotatable bonds is 9. The van der Waals surface area contributed by atoms with E-state index in [1.807, 2.05) is 6.08 Å². The van der Waals surface area contributed by atoms with Gasteiger partial charge in [-0.1, -0.05) is 142 Å². The lowest BCUT2D eigenvalue weighted by atomic mass is 9.97. The van der Waals surface area contributed by atoms with Gasteiger partial charge in [0, 0.05) is 44.4 Å². The van der Waals surface area contributed by atoms with Gasteiger partial charge in [-0.05, 0) is 126 Å². The number of allylic oxidation sites excluding steroid dienone is 4. The summed E-state index contributed by atoms with van der Waals surface area (Å²) in [5.41, 5.74) is 23.7. The summed E-state index contributed by atoms with van der Waals surface area (Å²) in [5, 5.41) is 18.9. The van der Waals surface area contributed by atoms with Crippen molar-refractivity contribution in [2.24, 2.45) is 0 Å². The summed E-state index contributed by atoms with van der Waals surface area (Å²) >= 11 is 0. The van der Waals surface area contributed by atoms with E-state index in [1.165, 1.54) is 6.08 Å². The Kier molecular flexibility index (Phi) is 12.0. The number of carboxylic acid groups (broad SMARTS) is 2. The van der Waals surface area contributed by atoms with Gasteiger partial charge >= 0.3 is 11.9 Å². The summed E-state index contributed by atoms with van der Waals surface area (Å²) in [6, 6.07) is 32.8. The molecule has 8 bridgehead atoms. The first-order valence-electron chi connectivity index (χ1n) is 22.6. The zero-order valence-electron chi connectivity index (χ0n) is 39.5. The summed E-state index contributed by atoms with van der Waals surface area (Å²) in [5.74, 6) is -3.03. The minimum absolute atomic E-state index is 0.730. The van der Waals surface area contributed by atoms with Crippen molar-refractivity contribution in [1.29, 1.82) is 0 Å². The van der Waals surface area contributed by atoms with E-state index in [-0.39, 0.29) is 0 Å². The second-order valence-electron chi connectivity index (χ2n) is 18.2. The van der Waals surface area contributed by atoms with Gasteiger partial charge < -0.3 is 20.2 Å². The number of nitrogens with one attached hydrogen (secondary N) is 2. The number of aryl methyl sites for hydroxylation is 8. The fourth-order valence-electron chi connectivity index (χ4n) is 9.74. The minimum atomic E-state index is -1.51. The van der Waals surface area contributed by atoms with E-state index < -0.39 is 17.5 Å². The van der Waals surface area contributed by atoms with Crippen LogP contribution in [0.2, 0.25) is 0 Å². The van der Waals surface area contributed by atoms with Gasteiger partial charge in [-0.3, -0.25) is 0 Å². The molecule has 336 valence electrons. The third kappa shape index (κ3) is 9.09. The molecule has 0 radical (unpaired) electrons. The second kappa shape index (κ2) is 18.1. The largest absolute Gasteiger partial charge is 0.477 e. The van der Waals surface area contributed by atoms with E-state index in [0.29, 0.717) is 0 Å². The predicted octanol–water partition coefficient (Wildman–Crippen LogP) is 14.5. The van der Waals surface area contributed by atoms with Gasteiger partial charge in [-0.2, -0.15) is 0 Å². The van der Waals surface area contributed by atoms with Crippen molar-refractivity contribution in [3.8, 4) is 44.5 Å². The Morgan fingerprint density at radius 3 is 1.16 bits per heavy atom. The van der Waals surface area contributed by atoms with E-state index in [2.05, 4.69) is 181 Å². The third-order valence-electron chi connectivity index (χ3n) is 12.2. The molecular weight excluding hydrogens is 841 g/mol. The molecule has 3 aromatic heterocycles. The average Bonchev–Trinajstić information content (AvgIpc) is 4.08. The molecule has 0 saturated heterocycles. The molecule has 2 aliphatic rings. The number of aliphatic carboxylic acids is 2. The third-order valence-corrected chi connectivity index (χ3v) is 12.2. The highest BCUT2D eigenvalue weighted by Crippen LogP contribution is 2.41. The van der Waals surface area contributed by atoms with Gasteiger partial charge in [0.05, 0.1) is 28.3 Å². The summed E-state index contributed by atoms with van der Waals surface area (Å²) in [7, 11) is 0. The van der Waals surface area contributed by atoms with Crippen LogP contribution in [0, 0.1) is 55.4 Å². The van der Waals surface area contributed by atoms with Crippen LogP contribution in [0.4, 0.5) is 0 Å². The Balaban J connectivity index is 1.50. The van der Waals surface area contributed by atoms with Gasteiger partial charge in [0.25, 0.3) is 0 Å². The normalized spacial score (nSPS) is 12.1. The zero-order chi connectivity index (χ0) is 48.0. The summed E-state index contributed by atoms with van der Waals surface area (Å²) < 4.78 is 0.